The number of aromatic nitrogens is 2. The smallest absolute Gasteiger partial charge is 0.234 e. The highest BCUT2D eigenvalue weighted by molar-refractivity contribution is 8.01. The number of allylic oxidation sites excluding steroid dienone is 3. The van der Waals surface area contributed by atoms with E-state index < -0.39 is 11.7 Å². The maximum Gasteiger partial charge on any atom is 0.234 e. The molecule has 1 amide bonds. The van der Waals surface area contributed by atoms with Crippen LogP contribution in [0.1, 0.15) is 49.3 Å². The third-order valence-electron chi connectivity index (χ3n) is 7.38. The van der Waals surface area contributed by atoms with Gasteiger partial charge >= 0.3 is 0 Å². The van der Waals surface area contributed by atoms with Crippen molar-refractivity contribution in [2.75, 3.05) is 16.0 Å². The number of nitriles is 1. The van der Waals surface area contributed by atoms with Gasteiger partial charge in [-0.3, -0.25) is 14.5 Å². The van der Waals surface area contributed by atoms with E-state index >= 15 is 0 Å². The normalized spacial score (nSPS) is 18.3. The number of rotatable bonds is 6. The third kappa shape index (κ3) is 5.62. The number of nitrogens with one attached hydrogen (secondary N) is 1. The molecule has 0 fully saturated rings. The van der Waals surface area contributed by atoms with Gasteiger partial charge in [-0.1, -0.05) is 61.2 Å². The summed E-state index contributed by atoms with van der Waals surface area (Å²) in [7, 11) is 0. The van der Waals surface area contributed by atoms with Crippen molar-refractivity contribution in [2.24, 2.45) is 11.1 Å². The van der Waals surface area contributed by atoms with Crippen LogP contribution < -0.4 is 16.0 Å². The van der Waals surface area contributed by atoms with Crippen molar-refractivity contribution in [3.05, 3.63) is 87.6 Å². The standard InChI is InChI=1S/C30H29FN6O2S2/c1-16-6-5-7-21(17(16)2)34-24(39)15-40-29-36-35-28(41-29)37-22-12-30(3,4)13-23(38)26(22)25(20(14-32)27(37)33)18-8-10-19(31)11-9-18/h5-11,25H,12-13,15,33H2,1-4H3,(H,34,39). The van der Waals surface area contributed by atoms with E-state index in [4.69, 9.17) is 5.73 Å². The minimum atomic E-state index is -0.703. The fourth-order valence-electron chi connectivity index (χ4n) is 5.27. The summed E-state index contributed by atoms with van der Waals surface area (Å²) in [6, 6.07) is 13.8. The molecule has 0 bridgehead atoms. The van der Waals surface area contributed by atoms with E-state index in [2.05, 4.69) is 21.6 Å². The number of nitrogens with zero attached hydrogens (tertiary/aromatic N) is 4. The zero-order chi connectivity index (χ0) is 29.5. The first-order chi connectivity index (χ1) is 19.5. The molecule has 0 saturated carbocycles. The van der Waals surface area contributed by atoms with Crippen molar-refractivity contribution in [1.29, 1.82) is 5.26 Å². The number of aryl methyl sites for hydroxylation is 1. The molecule has 1 unspecified atom stereocenters. The summed E-state index contributed by atoms with van der Waals surface area (Å²) in [5, 5.41) is 22.2. The van der Waals surface area contributed by atoms with Gasteiger partial charge in [0.25, 0.3) is 0 Å². The highest BCUT2D eigenvalue weighted by Crippen LogP contribution is 2.50. The second kappa shape index (κ2) is 11.1. The minimum Gasteiger partial charge on any atom is -0.384 e. The van der Waals surface area contributed by atoms with Crippen molar-refractivity contribution >= 4 is 45.6 Å². The van der Waals surface area contributed by atoms with Gasteiger partial charge in [-0.2, -0.15) is 5.26 Å². The first-order valence-corrected chi connectivity index (χ1v) is 14.8. The zero-order valence-corrected chi connectivity index (χ0v) is 24.8. The number of Topliss-reactive ketones (excluding diaryl/α,β-unsaturated/α-hetero) is 1. The number of ketones is 1. The predicted molar refractivity (Wildman–Crippen MR) is 159 cm³/mol. The summed E-state index contributed by atoms with van der Waals surface area (Å²) >= 11 is 2.48. The summed E-state index contributed by atoms with van der Waals surface area (Å²) in [6.45, 7) is 7.97. The maximum absolute atomic E-state index is 13.7. The van der Waals surface area contributed by atoms with E-state index in [1.54, 1.807) is 17.0 Å². The van der Waals surface area contributed by atoms with Gasteiger partial charge in [0.1, 0.15) is 11.6 Å². The second-order valence-electron chi connectivity index (χ2n) is 11.0. The number of amides is 1. The SMILES string of the molecule is Cc1cccc(NC(=O)CSc2nnc(N3C(N)=C(C#N)C(c4ccc(F)cc4)C4=C3CC(C)(C)CC4=O)s2)c1C. The van der Waals surface area contributed by atoms with Crippen LogP contribution in [0.5, 0.6) is 0 Å². The Morgan fingerprint density at radius 3 is 2.66 bits per heavy atom. The van der Waals surface area contributed by atoms with Crippen LogP contribution in [0.3, 0.4) is 0 Å². The van der Waals surface area contributed by atoms with Gasteiger partial charge in [-0.15, -0.1) is 10.2 Å². The van der Waals surface area contributed by atoms with Crippen LogP contribution in [0.4, 0.5) is 15.2 Å². The summed E-state index contributed by atoms with van der Waals surface area (Å²) in [6.07, 6.45) is 0.828. The molecule has 0 spiro atoms. The zero-order valence-electron chi connectivity index (χ0n) is 23.1. The molecule has 1 atom stereocenters. The lowest BCUT2D eigenvalue weighted by Crippen LogP contribution is -2.42. The Morgan fingerprint density at radius 2 is 1.95 bits per heavy atom. The van der Waals surface area contributed by atoms with Crippen molar-refractivity contribution in [3.63, 3.8) is 0 Å². The highest BCUT2D eigenvalue weighted by Gasteiger charge is 2.45. The van der Waals surface area contributed by atoms with Gasteiger partial charge < -0.3 is 11.1 Å². The summed E-state index contributed by atoms with van der Waals surface area (Å²) in [4.78, 5) is 27.9. The molecule has 5 rings (SSSR count). The van der Waals surface area contributed by atoms with Crippen LogP contribution in [-0.4, -0.2) is 27.6 Å². The Balaban J connectivity index is 1.46. The number of carbonyl (C=O) groups is 2. The number of hydrogen-bond donors (Lipinski definition) is 2. The molecule has 1 aromatic heterocycles. The molecule has 1 aliphatic carbocycles. The molecule has 3 aromatic rings. The lowest BCUT2D eigenvalue weighted by atomic mass is 9.69. The fourth-order valence-corrected chi connectivity index (χ4v) is 6.95. The predicted octanol–water partition coefficient (Wildman–Crippen LogP) is 5.97. The van der Waals surface area contributed by atoms with Crippen molar-refractivity contribution < 1.29 is 14.0 Å². The van der Waals surface area contributed by atoms with Crippen LogP contribution in [-0.2, 0) is 9.59 Å². The molecule has 1 aliphatic heterocycles. The largest absolute Gasteiger partial charge is 0.384 e. The van der Waals surface area contributed by atoms with Crippen LogP contribution in [0.2, 0.25) is 0 Å². The number of nitrogens with two attached hydrogens (primary N) is 1. The Labute approximate surface area is 246 Å². The van der Waals surface area contributed by atoms with Crippen LogP contribution in [0.15, 0.2) is 69.5 Å². The highest BCUT2D eigenvalue weighted by atomic mass is 32.2. The van der Waals surface area contributed by atoms with E-state index in [0.717, 1.165) is 16.8 Å². The number of benzene rings is 2. The van der Waals surface area contributed by atoms with Gasteiger partial charge in [0, 0.05) is 23.4 Å². The van der Waals surface area contributed by atoms with Crippen LogP contribution >= 0.6 is 23.1 Å². The average molecular weight is 589 g/mol. The van der Waals surface area contributed by atoms with Crippen molar-refractivity contribution in [1.82, 2.24) is 10.2 Å². The number of carbonyl (C=O) groups excluding carboxylic acids is 2. The number of hydrogen-bond acceptors (Lipinski definition) is 9. The fraction of sp³-hybridized carbons (Fsp3) is 0.300. The summed E-state index contributed by atoms with van der Waals surface area (Å²) in [5.74, 6) is -1.08. The molecule has 0 saturated heterocycles. The van der Waals surface area contributed by atoms with Crippen molar-refractivity contribution in [2.45, 2.75) is 50.8 Å². The monoisotopic (exact) mass is 588 g/mol. The third-order valence-corrected chi connectivity index (χ3v) is 9.42. The molecule has 11 heteroatoms. The first kappa shape index (κ1) is 28.5. The molecule has 2 aromatic carbocycles. The Kier molecular flexibility index (Phi) is 7.72. The van der Waals surface area contributed by atoms with E-state index in [9.17, 15) is 19.2 Å². The van der Waals surface area contributed by atoms with E-state index in [0.29, 0.717) is 39.1 Å². The van der Waals surface area contributed by atoms with E-state index in [1.807, 2.05) is 45.9 Å². The Hall–Kier alpha value is -4.01. The van der Waals surface area contributed by atoms with Crippen molar-refractivity contribution in [3.8, 4) is 6.07 Å². The van der Waals surface area contributed by atoms with E-state index in [-0.39, 0.29) is 34.3 Å². The molecular weight excluding hydrogens is 560 g/mol. The molecule has 210 valence electrons. The van der Waals surface area contributed by atoms with Crippen LogP contribution in [0, 0.1) is 36.4 Å². The molecule has 0 radical (unpaired) electrons. The number of halogens is 1. The molecule has 3 N–H and O–H groups in total. The molecule has 2 heterocycles. The van der Waals surface area contributed by atoms with Crippen LogP contribution in [0.25, 0.3) is 0 Å². The minimum absolute atomic E-state index is 0.0851. The number of anilines is 2. The number of thioether (sulfide) groups is 1. The molecule has 41 heavy (non-hydrogen) atoms. The Morgan fingerprint density at radius 1 is 1.22 bits per heavy atom. The second-order valence-corrected chi connectivity index (χ2v) is 13.1. The quantitative estimate of drug-likeness (QED) is 0.338. The first-order valence-electron chi connectivity index (χ1n) is 13.0. The Bertz CT molecular complexity index is 1650. The molecule has 2 aliphatic rings. The van der Waals surface area contributed by atoms with Gasteiger partial charge in [0.2, 0.25) is 11.0 Å². The topological polar surface area (TPSA) is 125 Å². The lowest BCUT2D eigenvalue weighted by molar-refractivity contribution is -0.118. The molecular formula is C30H29FN6O2S2. The summed E-state index contributed by atoms with van der Waals surface area (Å²) in [5.41, 5.74) is 11.1. The van der Waals surface area contributed by atoms with E-state index in [1.165, 1.54) is 35.2 Å². The maximum atomic E-state index is 13.7. The lowest BCUT2D eigenvalue weighted by Gasteiger charge is -2.42. The van der Waals surface area contributed by atoms with Gasteiger partial charge in [0.15, 0.2) is 10.1 Å². The average Bonchev–Trinajstić information content (AvgIpc) is 3.38. The van der Waals surface area contributed by atoms with Gasteiger partial charge in [0.05, 0.1) is 23.3 Å². The van der Waals surface area contributed by atoms with Gasteiger partial charge in [-0.05, 0) is 60.6 Å². The summed E-state index contributed by atoms with van der Waals surface area (Å²) < 4.78 is 14.3. The van der Waals surface area contributed by atoms with Gasteiger partial charge in [-0.25, -0.2) is 4.39 Å². The molecule has 8 nitrogen and oxygen atoms in total.